The van der Waals surface area contributed by atoms with Gasteiger partial charge in [-0.05, 0) is 50.2 Å². The number of benzene rings is 4. The van der Waals surface area contributed by atoms with Crippen LogP contribution in [0.1, 0.15) is 11.1 Å². The van der Waals surface area contributed by atoms with Crippen LogP contribution in [0.25, 0.3) is 21.8 Å². The molecule has 0 radical (unpaired) electrons. The van der Waals surface area contributed by atoms with Crippen LogP contribution in [0.2, 0.25) is 0 Å². The Hall–Kier alpha value is -3.89. The van der Waals surface area contributed by atoms with Crippen LogP contribution in [0.3, 0.4) is 0 Å². The molecule has 0 aliphatic carbocycles. The minimum atomic E-state index is 0.807. The number of hydrogen-bond donors (Lipinski definition) is 0. The van der Waals surface area contributed by atoms with Crippen molar-refractivity contribution in [2.75, 3.05) is 12.0 Å². The van der Waals surface area contributed by atoms with Gasteiger partial charge in [-0.25, -0.2) is 4.98 Å². The largest absolute Gasteiger partial charge is 0.496 e. The topological polar surface area (TPSA) is 25.4 Å². The predicted molar refractivity (Wildman–Crippen MR) is 144 cm³/mol. The highest BCUT2D eigenvalue weighted by molar-refractivity contribution is 7.19. The molecule has 0 saturated carbocycles. The Morgan fingerprint density at radius 1 is 0.676 bits per heavy atom. The Bertz CT molecular complexity index is 1340. The lowest BCUT2D eigenvalue weighted by Crippen LogP contribution is -2.09. The highest BCUT2D eigenvalue weighted by Gasteiger charge is 2.24. The fraction of sp³-hybridized carbons (Fsp3) is 0.100. The summed E-state index contributed by atoms with van der Waals surface area (Å²) in [6.45, 7) is 4.22. The van der Waals surface area contributed by atoms with Crippen LogP contribution in [-0.2, 0) is 0 Å². The molecule has 3 nitrogen and oxygen atoms in total. The molecular formula is C30H26N2OS. The molecule has 0 saturated heterocycles. The van der Waals surface area contributed by atoms with Crippen LogP contribution in [0.4, 0.5) is 16.4 Å². The summed E-state index contributed by atoms with van der Waals surface area (Å²) in [6, 6.07) is 35.7. The van der Waals surface area contributed by atoms with Crippen LogP contribution in [-0.4, -0.2) is 12.1 Å². The Morgan fingerprint density at radius 2 is 1.24 bits per heavy atom. The van der Waals surface area contributed by atoms with E-state index >= 15 is 0 Å². The average Bonchev–Trinajstić information content (AvgIpc) is 3.32. The second-order valence-corrected chi connectivity index (χ2v) is 9.22. The van der Waals surface area contributed by atoms with Gasteiger partial charge < -0.3 is 9.64 Å². The predicted octanol–water partition coefficient (Wildman–Crippen LogP) is 8.57. The van der Waals surface area contributed by atoms with Crippen LogP contribution >= 0.6 is 11.3 Å². The number of thiazole rings is 1. The summed E-state index contributed by atoms with van der Waals surface area (Å²) in [5.41, 5.74) is 7.62. The molecule has 0 amide bonds. The first kappa shape index (κ1) is 21.9. The molecule has 0 N–H and O–H groups in total. The van der Waals surface area contributed by atoms with Gasteiger partial charge in [-0.3, -0.25) is 0 Å². The van der Waals surface area contributed by atoms with E-state index in [1.54, 1.807) is 18.4 Å². The fourth-order valence-corrected chi connectivity index (χ4v) is 5.08. The van der Waals surface area contributed by atoms with Crippen molar-refractivity contribution in [1.82, 2.24) is 4.98 Å². The number of ether oxygens (including phenoxy) is 1. The van der Waals surface area contributed by atoms with Gasteiger partial charge in [-0.1, -0.05) is 89.2 Å². The first-order chi connectivity index (χ1) is 16.6. The van der Waals surface area contributed by atoms with Crippen LogP contribution in [0.15, 0.2) is 103 Å². The maximum Gasteiger partial charge on any atom is 0.129 e. The van der Waals surface area contributed by atoms with Gasteiger partial charge in [0.2, 0.25) is 0 Å². The number of rotatable bonds is 6. The highest BCUT2D eigenvalue weighted by Crippen LogP contribution is 2.48. The van der Waals surface area contributed by atoms with Crippen molar-refractivity contribution in [1.29, 1.82) is 0 Å². The third-order valence-electron chi connectivity index (χ3n) is 5.78. The molecule has 0 bridgehead atoms. The van der Waals surface area contributed by atoms with Crippen molar-refractivity contribution in [3.05, 3.63) is 114 Å². The lowest BCUT2D eigenvalue weighted by molar-refractivity contribution is 0.416. The molecule has 0 aliphatic heterocycles. The van der Waals surface area contributed by atoms with Crippen LogP contribution in [0.5, 0.6) is 5.75 Å². The van der Waals surface area contributed by atoms with Crippen LogP contribution < -0.4 is 9.64 Å². The normalized spacial score (nSPS) is 10.8. The van der Waals surface area contributed by atoms with E-state index in [0.717, 1.165) is 44.0 Å². The number of anilines is 3. The van der Waals surface area contributed by atoms with E-state index in [-0.39, 0.29) is 0 Å². The SMILES string of the molecule is COc1ccccc1-c1nc(-c2ccccc2)sc1N(c1ccc(C)cc1)c1ccc(C)cc1. The summed E-state index contributed by atoms with van der Waals surface area (Å²) in [7, 11) is 1.71. The molecule has 5 aromatic rings. The van der Waals surface area contributed by atoms with Gasteiger partial charge in [0.05, 0.1) is 7.11 Å². The van der Waals surface area contributed by atoms with E-state index in [1.165, 1.54) is 11.1 Å². The molecule has 4 heteroatoms. The quantitative estimate of drug-likeness (QED) is 0.253. The summed E-state index contributed by atoms with van der Waals surface area (Å²) in [6.07, 6.45) is 0. The zero-order valence-electron chi connectivity index (χ0n) is 19.5. The minimum absolute atomic E-state index is 0.807. The maximum atomic E-state index is 5.74. The molecule has 168 valence electrons. The minimum Gasteiger partial charge on any atom is -0.496 e. The molecule has 0 aliphatic rings. The van der Waals surface area contributed by atoms with E-state index in [1.807, 2.05) is 24.3 Å². The Labute approximate surface area is 204 Å². The Morgan fingerprint density at radius 3 is 1.82 bits per heavy atom. The molecule has 1 aromatic heterocycles. The highest BCUT2D eigenvalue weighted by atomic mass is 32.1. The summed E-state index contributed by atoms with van der Waals surface area (Å²) in [4.78, 5) is 7.46. The zero-order valence-corrected chi connectivity index (χ0v) is 20.3. The first-order valence-corrected chi connectivity index (χ1v) is 12.1. The average molecular weight is 463 g/mol. The fourth-order valence-electron chi connectivity index (χ4n) is 3.95. The van der Waals surface area contributed by atoms with Gasteiger partial charge in [0.15, 0.2) is 0 Å². The van der Waals surface area contributed by atoms with Gasteiger partial charge in [0.1, 0.15) is 21.5 Å². The van der Waals surface area contributed by atoms with Crippen molar-refractivity contribution in [3.8, 4) is 27.6 Å². The molecule has 1 heterocycles. The molecule has 0 unspecified atom stereocenters. The van der Waals surface area contributed by atoms with Crippen molar-refractivity contribution < 1.29 is 4.74 Å². The van der Waals surface area contributed by atoms with Crippen molar-refractivity contribution >= 4 is 27.7 Å². The van der Waals surface area contributed by atoms with Gasteiger partial charge in [-0.2, -0.15) is 0 Å². The molecule has 0 fully saturated rings. The zero-order chi connectivity index (χ0) is 23.5. The smallest absolute Gasteiger partial charge is 0.129 e. The number of methoxy groups -OCH3 is 1. The van der Waals surface area contributed by atoms with Crippen molar-refractivity contribution in [2.45, 2.75) is 13.8 Å². The van der Waals surface area contributed by atoms with Crippen molar-refractivity contribution in [3.63, 3.8) is 0 Å². The van der Waals surface area contributed by atoms with Gasteiger partial charge >= 0.3 is 0 Å². The standard InChI is InChI=1S/C30H26N2OS/c1-21-13-17-24(18-14-21)32(25-19-15-22(2)16-20-25)30-28(26-11-7-8-12-27(26)33-3)31-29(34-30)23-9-5-4-6-10-23/h4-20H,1-3H3. The van der Waals surface area contributed by atoms with E-state index in [0.29, 0.717) is 0 Å². The molecule has 34 heavy (non-hydrogen) atoms. The maximum absolute atomic E-state index is 5.74. The first-order valence-electron chi connectivity index (χ1n) is 11.3. The van der Waals surface area contributed by atoms with E-state index in [4.69, 9.17) is 9.72 Å². The van der Waals surface area contributed by atoms with E-state index in [2.05, 4.69) is 97.6 Å². The second-order valence-electron chi connectivity index (χ2n) is 8.25. The number of hydrogen-bond acceptors (Lipinski definition) is 4. The molecule has 5 rings (SSSR count). The Kier molecular flexibility index (Phi) is 6.15. The van der Waals surface area contributed by atoms with E-state index < -0.39 is 0 Å². The lowest BCUT2D eigenvalue weighted by atomic mass is 10.1. The van der Waals surface area contributed by atoms with Gasteiger partial charge in [-0.15, -0.1) is 0 Å². The summed E-state index contributed by atoms with van der Waals surface area (Å²) >= 11 is 1.69. The third kappa shape index (κ3) is 4.33. The monoisotopic (exact) mass is 462 g/mol. The van der Waals surface area contributed by atoms with E-state index in [9.17, 15) is 0 Å². The van der Waals surface area contributed by atoms with Crippen LogP contribution in [0, 0.1) is 13.8 Å². The molecule has 4 aromatic carbocycles. The van der Waals surface area contributed by atoms with Gasteiger partial charge in [0, 0.05) is 22.5 Å². The van der Waals surface area contributed by atoms with Gasteiger partial charge in [0.25, 0.3) is 0 Å². The number of aryl methyl sites for hydroxylation is 2. The van der Waals surface area contributed by atoms with Crippen molar-refractivity contribution in [2.24, 2.45) is 0 Å². The third-order valence-corrected chi connectivity index (χ3v) is 6.87. The summed E-state index contributed by atoms with van der Waals surface area (Å²) in [5, 5.41) is 2.02. The summed E-state index contributed by atoms with van der Waals surface area (Å²) in [5.74, 6) is 0.807. The molecular weight excluding hydrogens is 436 g/mol. The Balaban J connectivity index is 1.78. The number of para-hydroxylation sites is 1. The number of aromatic nitrogens is 1. The lowest BCUT2D eigenvalue weighted by Gasteiger charge is -2.25. The molecule has 0 atom stereocenters. The molecule has 0 spiro atoms. The number of nitrogens with zero attached hydrogens (tertiary/aromatic N) is 2. The second kappa shape index (κ2) is 9.54. The summed E-state index contributed by atoms with van der Waals surface area (Å²) < 4.78 is 5.74.